The van der Waals surface area contributed by atoms with Gasteiger partial charge in [-0.2, -0.15) is 10.5 Å². The van der Waals surface area contributed by atoms with E-state index in [2.05, 4.69) is 76.2 Å². The lowest BCUT2D eigenvalue weighted by atomic mass is 9.90. The molecule has 0 aliphatic carbocycles. The molecule has 2 atom stereocenters. The van der Waals surface area contributed by atoms with Crippen LogP contribution < -0.4 is 0 Å². The highest BCUT2D eigenvalue weighted by molar-refractivity contribution is 7.22. The van der Waals surface area contributed by atoms with Crippen LogP contribution in [0.4, 0.5) is 0 Å². The predicted octanol–water partition coefficient (Wildman–Crippen LogP) is 12.9. The first-order chi connectivity index (χ1) is 21.6. The Kier molecular flexibility index (Phi) is 7.86. The monoisotopic (exact) mass is 612 g/mol. The van der Waals surface area contributed by atoms with Crippen molar-refractivity contribution >= 4 is 85.9 Å². The molecule has 2 aromatic heterocycles. The summed E-state index contributed by atoms with van der Waals surface area (Å²) < 4.78 is 2.58. The van der Waals surface area contributed by atoms with E-state index < -0.39 is 0 Å². The quantitative estimate of drug-likeness (QED) is 0.129. The Bertz CT molecular complexity index is 2060. The summed E-state index contributed by atoms with van der Waals surface area (Å²) in [6.07, 6.45) is 11.6. The molecule has 7 rings (SSSR count). The summed E-state index contributed by atoms with van der Waals surface area (Å²) in [6, 6.07) is 18.9. The van der Waals surface area contributed by atoms with Crippen LogP contribution in [0.15, 0.2) is 36.4 Å². The zero-order valence-corrected chi connectivity index (χ0v) is 28.0. The molecule has 2 heterocycles. The third-order valence-electron chi connectivity index (χ3n) is 10.4. The van der Waals surface area contributed by atoms with Crippen molar-refractivity contribution in [3.63, 3.8) is 0 Å². The second-order valence-electron chi connectivity index (χ2n) is 12.9. The summed E-state index contributed by atoms with van der Waals surface area (Å²) in [5.74, 6) is 1.20. The molecule has 0 spiro atoms. The van der Waals surface area contributed by atoms with Gasteiger partial charge < -0.3 is 0 Å². The first kappa shape index (κ1) is 29.3. The second-order valence-corrected chi connectivity index (χ2v) is 14.9. The molecule has 7 aromatic rings. The van der Waals surface area contributed by atoms with Crippen LogP contribution in [-0.4, -0.2) is 0 Å². The highest BCUT2D eigenvalue weighted by atomic mass is 32.1. The van der Waals surface area contributed by atoms with E-state index in [0.29, 0.717) is 11.8 Å². The van der Waals surface area contributed by atoms with Crippen molar-refractivity contribution < 1.29 is 0 Å². The molecule has 2 unspecified atom stereocenters. The molecule has 0 aliphatic rings. The van der Waals surface area contributed by atoms with Gasteiger partial charge in [0.05, 0.1) is 0 Å². The van der Waals surface area contributed by atoms with Crippen LogP contribution in [-0.2, 0) is 12.8 Å². The zero-order chi connectivity index (χ0) is 30.5. The van der Waals surface area contributed by atoms with E-state index >= 15 is 0 Å². The minimum Gasteiger partial charge on any atom is -0.192 e. The summed E-state index contributed by atoms with van der Waals surface area (Å²) in [4.78, 5) is 1.79. The maximum Gasteiger partial charge on any atom is 0.110 e. The van der Waals surface area contributed by atoms with Crippen molar-refractivity contribution in [2.75, 3.05) is 0 Å². The van der Waals surface area contributed by atoms with Crippen LogP contribution in [0.5, 0.6) is 0 Å². The topological polar surface area (TPSA) is 47.6 Å². The van der Waals surface area contributed by atoms with Crippen LogP contribution in [0.25, 0.3) is 63.3 Å². The molecule has 222 valence electrons. The van der Waals surface area contributed by atoms with Gasteiger partial charge in [0.2, 0.25) is 0 Å². The summed E-state index contributed by atoms with van der Waals surface area (Å²) in [7, 11) is 0. The first-order valence-corrected chi connectivity index (χ1v) is 18.4. The summed E-state index contributed by atoms with van der Waals surface area (Å²) >= 11 is 3.43. The Morgan fingerprint density at radius 2 is 0.955 bits per heavy atom. The SMILES string of the molecule is CCCCC(CC)Cc1c(C#N)sc2c1c1cccc3c1c2c1cccc2c4c(CC(CC)CCCC)c(C#N)sc4c3c21. The fourth-order valence-corrected chi connectivity index (χ4v) is 10.5. The maximum absolute atomic E-state index is 10.3. The molecule has 0 saturated heterocycles. The zero-order valence-electron chi connectivity index (χ0n) is 26.4. The Labute approximate surface area is 268 Å². The van der Waals surface area contributed by atoms with Crippen molar-refractivity contribution in [2.45, 2.75) is 91.9 Å². The Morgan fingerprint density at radius 1 is 0.568 bits per heavy atom. The van der Waals surface area contributed by atoms with Gasteiger partial charge in [-0.15, -0.1) is 22.7 Å². The second kappa shape index (κ2) is 11.8. The number of hydrogen-bond donors (Lipinski definition) is 0. The number of unbranched alkanes of at least 4 members (excludes halogenated alkanes) is 2. The van der Waals surface area contributed by atoms with Crippen molar-refractivity contribution in [3.8, 4) is 12.1 Å². The highest BCUT2D eigenvalue weighted by Gasteiger charge is 2.29. The van der Waals surface area contributed by atoms with Crippen molar-refractivity contribution in [2.24, 2.45) is 11.8 Å². The number of rotatable bonds is 12. The van der Waals surface area contributed by atoms with Gasteiger partial charge >= 0.3 is 0 Å². The average molecular weight is 613 g/mol. The van der Waals surface area contributed by atoms with E-state index in [0.717, 1.165) is 35.4 Å². The normalized spacial score (nSPS) is 13.7. The van der Waals surface area contributed by atoms with Crippen LogP contribution in [0.2, 0.25) is 0 Å². The Balaban J connectivity index is 1.55. The lowest BCUT2D eigenvalue weighted by Crippen LogP contribution is -2.04. The third kappa shape index (κ3) is 4.29. The molecule has 0 aliphatic heterocycles. The fraction of sp³-hybridized carbons (Fsp3) is 0.400. The van der Waals surface area contributed by atoms with Gasteiger partial charge in [-0.3, -0.25) is 0 Å². The number of nitriles is 2. The molecule has 0 amide bonds. The van der Waals surface area contributed by atoms with Crippen molar-refractivity contribution in [1.29, 1.82) is 10.5 Å². The average Bonchev–Trinajstić information content (AvgIpc) is 3.78. The van der Waals surface area contributed by atoms with Crippen molar-refractivity contribution in [1.82, 2.24) is 0 Å². The molecular formula is C40H40N2S2. The molecule has 0 radical (unpaired) electrons. The molecule has 0 bridgehead atoms. The van der Waals surface area contributed by atoms with Gasteiger partial charge in [-0.25, -0.2) is 0 Å². The van der Waals surface area contributed by atoms with Crippen LogP contribution in [0.3, 0.4) is 0 Å². The van der Waals surface area contributed by atoms with Crippen molar-refractivity contribution in [3.05, 3.63) is 57.3 Å². The van der Waals surface area contributed by atoms with E-state index in [-0.39, 0.29) is 0 Å². The van der Waals surface area contributed by atoms with Gasteiger partial charge in [-0.1, -0.05) is 115 Å². The molecule has 0 fully saturated rings. The molecular weight excluding hydrogens is 573 g/mol. The van der Waals surface area contributed by atoms with Gasteiger partial charge in [0.1, 0.15) is 21.9 Å². The molecule has 0 N–H and O–H groups in total. The molecule has 44 heavy (non-hydrogen) atoms. The molecule has 0 saturated carbocycles. The Morgan fingerprint density at radius 3 is 1.30 bits per heavy atom. The van der Waals surface area contributed by atoms with Crippen LogP contribution in [0, 0.1) is 34.5 Å². The largest absolute Gasteiger partial charge is 0.192 e. The summed E-state index contributed by atoms with van der Waals surface area (Å²) in [6.45, 7) is 9.14. The highest BCUT2D eigenvalue weighted by Crippen LogP contribution is 2.55. The van der Waals surface area contributed by atoms with E-state index in [1.54, 1.807) is 22.7 Å². The predicted molar refractivity (Wildman–Crippen MR) is 193 cm³/mol. The van der Waals surface area contributed by atoms with Gasteiger partial charge in [0, 0.05) is 30.9 Å². The number of hydrogen-bond acceptors (Lipinski definition) is 4. The van der Waals surface area contributed by atoms with E-state index in [1.807, 2.05) is 0 Å². The minimum atomic E-state index is 0.599. The van der Waals surface area contributed by atoms with E-state index in [9.17, 15) is 10.5 Å². The number of thiophene rings is 2. The minimum absolute atomic E-state index is 0.599. The standard InChI is InChI=1S/C40H40N2S2/c1-5-9-13-23(7-3)19-29-31(21-41)43-39-35(29)25-15-11-17-27-33(25)37(39)28-18-12-16-26-34(28)38(27)40-36(26)30(32(22-42)44-40)20-24(8-4)14-10-6-2/h11-12,15-18,23-24H,5-10,13-14,19-20H2,1-4H3. The number of benzene rings is 3. The van der Waals surface area contributed by atoms with Crippen LogP contribution >= 0.6 is 22.7 Å². The lowest BCUT2D eigenvalue weighted by molar-refractivity contribution is 0.450. The summed E-state index contributed by atoms with van der Waals surface area (Å²) in [5.41, 5.74) is 2.54. The Hall–Kier alpha value is -3.44. The van der Waals surface area contributed by atoms with E-state index in [1.165, 1.54) is 113 Å². The number of nitrogens with zero attached hydrogens (tertiary/aromatic N) is 2. The smallest absolute Gasteiger partial charge is 0.110 e. The first-order valence-electron chi connectivity index (χ1n) is 16.7. The lowest BCUT2D eigenvalue weighted by Gasteiger charge is -2.14. The van der Waals surface area contributed by atoms with E-state index in [4.69, 9.17) is 0 Å². The van der Waals surface area contributed by atoms with Gasteiger partial charge in [0.25, 0.3) is 0 Å². The summed E-state index contributed by atoms with van der Waals surface area (Å²) in [5, 5.41) is 33.9. The molecule has 2 nitrogen and oxygen atoms in total. The molecule has 5 aromatic carbocycles. The third-order valence-corrected chi connectivity index (χ3v) is 12.8. The molecule has 4 heteroatoms. The fourth-order valence-electron chi connectivity index (χ4n) is 8.10. The number of fused-ring (bicyclic) bond motifs is 8. The van der Waals surface area contributed by atoms with Gasteiger partial charge in [-0.05, 0) is 68.1 Å². The van der Waals surface area contributed by atoms with Crippen LogP contribution in [0.1, 0.15) is 99.9 Å². The maximum atomic E-state index is 10.3. The van der Waals surface area contributed by atoms with Gasteiger partial charge in [0.15, 0.2) is 0 Å².